The van der Waals surface area contributed by atoms with E-state index in [1.807, 2.05) is 29.8 Å². The van der Waals surface area contributed by atoms with Crippen LogP contribution in [0.2, 0.25) is 0 Å². The van der Waals surface area contributed by atoms with Gasteiger partial charge in [-0.3, -0.25) is 5.10 Å². The highest BCUT2D eigenvalue weighted by atomic mass is 32.1. The van der Waals surface area contributed by atoms with Gasteiger partial charge < -0.3 is 14.9 Å². The van der Waals surface area contributed by atoms with E-state index in [1.54, 1.807) is 7.11 Å². The Morgan fingerprint density at radius 2 is 2.14 bits per heavy atom. The summed E-state index contributed by atoms with van der Waals surface area (Å²) in [6, 6.07) is 5.88. The molecular weight excluding hydrogens is 300 g/mol. The molecule has 1 aromatic carbocycles. The minimum atomic E-state index is 0.571. The number of ether oxygens (including phenoxy) is 2. The summed E-state index contributed by atoms with van der Waals surface area (Å²) in [5, 5.41) is 7.04. The number of aromatic nitrogens is 3. The molecule has 1 heterocycles. The molecule has 0 fully saturated rings. The van der Waals surface area contributed by atoms with Crippen molar-refractivity contribution in [1.82, 2.24) is 14.9 Å². The van der Waals surface area contributed by atoms with Gasteiger partial charge in [0.05, 0.1) is 20.3 Å². The molecule has 0 radical (unpaired) electrons. The molecule has 0 aliphatic rings. The van der Waals surface area contributed by atoms with Crippen LogP contribution < -0.4 is 14.9 Å². The van der Waals surface area contributed by atoms with Crippen LogP contribution in [0.3, 0.4) is 0 Å². The van der Waals surface area contributed by atoms with Crippen LogP contribution in [0.4, 0.5) is 0 Å². The fourth-order valence-corrected chi connectivity index (χ4v) is 2.37. The summed E-state index contributed by atoms with van der Waals surface area (Å²) in [5.41, 5.74) is 4.36. The van der Waals surface area contributed by atoms with Crippen molar-refractivity contribution in [2.24, 2.45) is 0 Å². The third-order valence-electron chi connectivity index (χ3n) is 3.18. The predicted octanol–water partition coefficient (Wildman–Crippen LogP) is 3.04. The third kappa shape index (κ3) is 3.79. The van der Waals surface area contributed by atoms with Crippen molar-refractivity contribution >= 4 is 12.2 Å². The van der Waals surface area contributed by atoms with Gasteiger partial charge in [0, 0.05) is 6.42 Å². The first-order valence-corrected chi connectivity index (χ1v) is 7.80. The highest BCUT2D eigenvalue weighted by Gasteiger charge is 2.07. The van der Waals surface area contributed by atoms with E-state index in [2.05, 4.69) is 22.5 Å². The molecule has 0 aliphatic heterocycles. The molecule has 2 N–H and O–H groups in total. The molecule has 1 aromatic heterocycles. The van der Waals surface area contributed by atoms with Gasteiger partial charge in [0.2, 0.25) is 4.77 Å². The molecule has 0 atom stereocenters. The van der Waals surface area contributed by atoms with Crippen LogP contribution in [0.25, 0.3) is 0 Å². The Morgan fingerprint density at radius 1 is 1.32 bits per heavy atom. The van der Waals surface area contributed by atoms with E-state index in [-0.39, 0.29) is 0 Å². The molecule has 0 amide bonds. The summed E-state index contributed by atoms with van der Waals surface area (Å²) in [6.45, 7) is 5.29. The first kappa shape index (κ1) is 16.4. The Morgan fingerprint density at radius 3 is 2.82 bits per heavy atom. The van der Waals surface area contributed by atoms with E-state index in [9.17, 15) is 0 Å². The largest absolute Gasteiger partial charge is 0.493 e. The van der Waals surface area contributed by atoms with Gasteiger partial charge in [0.1, 0.15) is 0 Å². The molecule has 2 aromatic rings. The molecule has 0 saturated heterocycles. The Kier molecular flexibility index (Phi) is 5.83. The molecule has 0 aliphatic carbocycles. The van der Waals surface area contributed by atoms with E-state index < -0.39 is 0 Å². The van der Waals surface area contributed by atoms with Crippen molar-refractivity contribution in [2.75, 3.05) is 19.1 Å². The van der Waals surface area contributed by atoms with Gasteiger partial charge >= 0.3 is 0 Å². The van der Waals surface area contributed by atoms with Crippen LogP contribution in [0.5, 0.6) is 11.5 Å². The molecule has 120 valence electrons. The summed E-state index contributed by atoms with van der Waals surface area (Å²) < 4.78 is 13.3. The smallest absolute Gasteiger partial charge is 0.214 e. The Bertz CT molecular complexity index is 666. The second kappa shape index (κ2) is 7.84. The Hall–Kier alpha value is -2.02. The lowest BCUT2D eigenvalue weighted by Crippen LogP contribution is -2.17. The van der Waals surface area contributed by atoms with Crippen LogP contribution in [0.1, 0.15) is 31.7 Å². The Balaban J connectivity index is 2.12. The van der Waals surface area contributed by atoms with E-state index >= 15 is 0 Å². The number of rotatable bonds is 8. The zero-order chi connectivity index (χ0) is 15.9. The third-order valence-corrected chi connectivity index (χ3v) is 3.46. The minimum absolute atomic E-state index is 0.571. The van der Waals surface area contributed by atoms with Crippen molar-refractivity contribution in [3.05, 3.63) is 34.4 Å². The summed E-state index contributed by atoms with van der Waals surface area (Å²) in [4.78, 5) is 0. The number of aryl methyl sites for hydroxylation is 1. The maximum Gasteiger partial charge on any atom is 0.214 e. The summed E-state index contributed by atoms with van der Waals surface area (Å²) in [7, 11) is 1.64. The summed E-state index contributed by atoms with van der Waals surface area (Å²) in [5.74, 6) is 2.39. The van der Waals surface area contributed by atoms with Gasteiger partial charge in [-0.15, -0.1) is 0 Å². The molecule has 0 saturated carbocycles. The number of aromatic amines is 1. The van der Waals surface area contributed by atoms with Crippen LogP contribution in [0.15, 0.2) is 18.2 Å². The molecule has 2 rings (SSSR count). The van der Waals surface area contributed by atoms with E-state index in [4.69, 9.17) is 21.7 Å². The molecule has 0 unspecified atom stereocenters. The van der Waals surface area contributed by atoms with Gasteiger partial charge in [-0.1, -0.05) is 13.0 Å². The summed E-state index contributed by atoms with van der Waals surface area (Å²) in [6.07, 6.45) is 1.88. The van der Waals surface area contributed by atoms with E-state index in [1.165, 1.54) is 0 Å². The number of benzene rings is 1. The molecule has 0 spiro atoms. The molecule has 0 bridgehead atoms. The van der Waals surface area contributed by atoms with Crippen molar-refractivity contribution < 1.29 is 9.47 Å². The summed E-state index contributed by atoms with van der Waals surface area (Å²) >= 11 is 5.24. The molecule has 22 heavy (non-hydrogen) atoms. The van der Waals surface area contributed by atoms with Gasteiger partial charge in [-0.2, -0.15) is 5.10 Å². The van der Waals surface area contributed by atoms with Crippen LogP contribution in [-0.4, -0.2) is 28.6 Å². The predicted molar refractivity (Wildman–Crippen MR) is 88.6 cm³/mol. The number of methoxy groups -OCH3 is 1. The maximum atomic E-state index is 5.52. The van der Waals surface area contributed by atoms with Crippen LogP contribution in [-0.2, 0) is 13.0 Å². The average molecular weight is 322 g/mol. The lowest BCUT2D eigenvalue weighted by molar-refractivity contribution is 0.310. The van der Waals surface area contributed by atoms with Gasteiger partial charge in [-0.25, -0.2) is 4.68 Å². The first-order valence-electron chi connectivity index (χ1n) is 7.39. The van der Waals surface area contributed by atoms with Crippen LogP contribution >= 0.6 is 12.2 Å². The van der Waals surface area contributed by atoms with Crippen molar-refractivity contribution in [2.45, 2.75) is 33.2 Å². The fourth-order valence-electron chi connectivity index (χ4n) is 2.15. The molecule has 7 heteroatoms. The lowest BCUT2D eigenvalue weighted by atomic mass is 10.2. The minimum Gasteiger partial charge on any atom is -0.493 e. The van der Waals surface area contributed by atoms with Gasteiger partial charge in [-0.05, 0) is 43.3 Å². The number of hydrogen-bond donors (Lipinski definition) is 2. The standard InChI is InChI=1S/C15H22N4O2S/c1-4-6-14-17-18-15(22)19(14)16-10-11-7-8-12(21-5-2)13(9-11)20-3/h7-9,16H,4-6,10H2,1-3H3,(H,18,22). The fraction of sp³-hybridized carbons (Fsp3) is 0.467. The average Bonchev–Trinajstić information content (AvgIpc) is 2.87. The quantitative estimate of drug-likeness (QED) is 0.731. The van der Waals surface area contributed by atoms with E-state index in [0.717, 1.165) is 35.7 Å². The zero-order valence-electron chi connectivity index (χ0n) is 13.2. The second-order valence-electron chi connectivity index (χ2n) is 4.78. The van der Waals surface area contributed by atoms with Crippen molar-refractivity contribution in [3.8, 4) is 11.5 Å². The normalized spacial score (nSPS) is 10.5. The SMILES string of the molecule is CCCc1n[nH]c(=S)n1NCc1ccc(OCC)c(OC)c1. The highest BCUT2D eigenvalue weighted by molar-refractivity contribution is 7.71. The number of nitrogens with one attached hydrogen (secondary N) is 2. The lowest BCUT2D eigenvalue weighted by Gasteiger charge is -2.13. The topological polar surface area (TPSA) is 64.1 Å². The zero-order valence-corrected chi connectivity index (χ0v) is 14.0. The monoisotopic (exact) mass is 322 g/mol. The van der Waals surface area contributed by atoms with Crippen molar-refractivity contribution in [3.63, 3.8) is 0 Å². The van der Waals surface area contributed by atoms with E-state index in [0.29, 0.717) is 17.9 Å². The first-order chi connectivity index (χ1) is 10.7. The van der Waals surface area contributed by atoms with Gasteiger partial charge in [0.25, 0.3) is 0 Å². The Labute approximate surface area is 135 Å². The van der Waals surface area contributed by atoms with Crippen LogP contribution in [0, 0.1) is 4.77 Å². The maximum absolute atomic E-state index is 5.52. The molecule has 6 nitrogen and oxygen atoms in total. The number of nitrogens with zero attached hydrogens (tertiary/aromatic N) is 2. The second-order valence-corrected chi connectivity index (χ2v) is 5.17. The highest BCUT2D eigenvalue weighted by Crippen LogP contribution is 2.28. The molecular formula is C15H22N4O2S. The van der Waals surface area contributed by atoms with Gasteiger partial charge in [0.15, 0.2) is 17.3 Å². The number of H-pyrrole nitrogens is 1. The van der Waals surface area contributed by atoms with Crippen molar-refractivity contribution in [1.29, 1.82) is 0 Å². The number of hydrogen-bond acceptors (Lipinski definition) is 5.